The van der Waals surface area contributed by atoms with Crippen LogP contribution >= 0.6 is 0 Å². The molecule has 0 atom stereocenters. The maximum Gasteiger partial charge on any atom is 0.141 e. The number of fused-ring (bicyclic) bond motifs is 1. The fraction of sp³-hybridized carbons (Fsp3) is 0.273. The Bertz CT molecular complexity index is 1170. The highest BCUT2D eigenvalue weighted by Crippen LogP contribution is 2.44. The van der Waals surface area contributed by atoms with Crippen LogP contribution in [0.25, 0.3) is 22.3 Å². The number of rotatable bonds is 6. The van der Waals surface area contributed by atoms with Gasteiger partial charge in [0, 0.05) is 36.2 Å². The van der Waals surface area contributed by atoms with Gasteiger partial charge in [0.2, 0.25) is 0 Å². The standard InChI is InChI=1S/C22H20N6O/c23-8-7-22(10-18(11-22)29-14-16-4-2-1-3-5-16)28-13-17(12-27-28)20-19-6-9-24-21(19)26-15-25-20/h1-6,9,12-13,15,18H,7,10-11,14H2,(H,24,25,26). The van der Waals surface area contributed by atoms with Gasteiger partial charge in [-0.05, 0) is 11.6 Å². The predicted molar refractivity (Wildman–Crippen MR) is 108 cm³/mol. The van der Waals surface area contributed by atoms with Gasteiger partial charge in [-0.1, -0.05) is 30.3 Å². The Kier molecular flexibility index (Phi) is 4.34. The number of hydrogen-bond donors (Lipinski definition) is 1. The first-order valence-electron chi connectivity index (χ1n) is 9.63. The number of nitriles is 1. The second kappa shape index (κ2) is 7.15. The van der Waals surface area contributed by atoms with E-state index in [1.54, 1.807) is 6.33 Å². The summed E-state index contributed by atoms with van der Waals surface area (Å²) in [5.74, 6) is 0. The van der Waals surface area contributed by atoms with Crippen LogP contribution in [-0.4, -0.2) is 30.8 Å². The van der Waals surface area contributed by atoms with Crippen LogP contribution in [-0.2, 0) is 16.9 Å². The Labute approximate surface area is 168 Å². The van der Waals surface area contributed by atoms with Gasteiger partial charge in [0.25, 0.3) is 0 Å². The van der Waals surface area contributed by atoms with Crippen molar-refractivity contribution < 1.29 is 4.74 Å². The second-order valence-corrected chi connectivity index (χ2v) is 7.52. The van der Waals surface area contributed by atoms with E-state index in [4.69, 9.17) is 4.74 Å². The summed E-state index contributed by atoms with van der Waals surface area (Å²) in [6.07, 6.45) is 9.29. The maximum atomic E-state index is 9.40. The third kappa shape index (κ3) is 3.18. The molecule has 0 unspecified atom stereocenters. The van der Waals surface area contributed by atoms with Crippen molar-refractivity contribution in [2.75, 3.05) is 0 Å². The van der Waals surface area contributed by atoms with Crippen molar-refractivity contribution in [3.05, 3.63) is 66.9 Å². The molecule has 1 aliphatic carbocycles. The topological polar surface area (TPSA) is 92.4 Å². The molecule has 1 N–H and O–H groups in total. The summed E-state index contributed by atoms with van der Waals surface area (Å²) in [4.78, 5) is 11.8. The largest absolute Gasteiger partial charge is 0.373 e. The number of nitrogens with one attached hydrogen (secondary N) is 1. The summed E-state index contributed by atoms with van der Waals surface area (Å²) in [6, 6.07) is 14.4. The van der Waals surface area contributed by atoms with Crippen LogP contribution < -0.4 is 0 Å². The summed E-state index contributed by atoms with van der Waals surface area (Å²) in [7, 11) is 0. The van der Waals surface area contributed by atoms with Gasteiger partial charge in [0.05, 0.1) is 42.6 Å². The van der Waals surface area contributed by atoms with E-state index >= 15 is 0 Å². The summed E-state index contributed by atoms with van der Waals surface area (Å²) >= 11 is 0. The van der Waals surface area contributed by atoms with Crippen molar-refractivity contribution in [1.82, 2.24) is 24.7 Å². The van der Waals surface area contributed by atoms with E-state index in [0.29, 0.717) is 13.0 Å². The van der Waals surface area contributed by atoms with Crippen LogP contribution in [0.1, 0.15) is 24.8 Å². The molecule has 144 valence electrons. The molecule has 1 saturated carbocycles. The van der Waals surface area contributed by atoms with Gasteiger partial charge in [-0.3, -0.25) is 4.68 Å². The van der Waals surface area contributed by atoms with E-state index in [1.165, 1.54) is 0 Å². The summed E-state index contributed by atoms with van der Waals surface area (Å²) in [6.45, 7) is 0.588. The first-order chi connectivity index (χ1) is 14.3. The zero-order valence-corrected chi connectivity index (χ0v) is 15.8. The monoisotopic (exact) mass is 384 g/mol. The molecule has 4 aromatic rings. The van der Waals surface area contributed by atoms with Crippen LogP contribution in [0.4, 0.5) is 0 Å². The van der Waals surface area contributed by atoms with Crippen molar-refractivity contribution in [2.45, 2.75) is 37.5 Å². The van der Waals surface area contributed by atoms with Crippen molar-refractivity contribution in [1.29, 1.82) is 5.26 Å². The first kappa shape index (κ1) is 17.6. The molecule has 0 bridgehead atoms. The highest BCUT2D eigenvalue weighted by atomic mass is 16.5. The SMILES string of the molecule is N#CCC1(n2cc(-c3ncnc4[nH]ccc34)cn2)CC(OCc2ccccc2)C1. The zero-order chi connectivity index (χ0) is 19.7. The van der Waals surface area contributed by atoms with Gasteiger partial charge in [0.1, 0.15) is 12.0 Å². The Hall–Kier alpha value is -3.50. The average Bonchev–Trinajstić information content (AvgIpc) is 3.40. The molecule has 7 heteroatoms. The fourth-order valence-electron chi connectivity index (χ4n) is 4.06. The van der Waals surface area contributed by atoms with Crippen molar-refractivity contribution >= 4 is 11.0 Å². The molecule has 0 spiro atoms. The van der Waals surface area contributed by atoms with Gasteiger partial charge in [0.15, 0.2) is 0 Å². The Morgan fingerprint density at radius 2 is 2.07 bits per heavy atom. The number of H-pyrrole nitrogens is 1. The number of aromatic nitrogens is 5. The lowest BCUT2D eigenvalue weighted by Gasteiger charge is -2.46. The van der Waals surface area contributed by atoms with E-state index in [1.807, 2.05) is 47.5 Å². The number of hydrogen-bond acceptors (Lipinski definition) is 5. The number of ether oxygens (including phenoxy) is 1. The molecule has 0 amide bonds. The molecule has 1 aliphatic rings. The highest BCUT2D eigenvalue weighted by Gasteiger charge is 2.47. The van der Waals surface area contributed by atoms with E-state index in [2.05, 4.69) is 38.3 Å². The van der Waals surface area contributed by atoms with Crippen molar-refractivity contribution in [2.24, 2.45) is 0 Å². The van der Waals surface area contributed by atoms with E-state index in [0.717, 1.165) is 40.7 Å². The van der Waals surface area contributed by atoms with E-state index < -0.39 is 0 Å². The molecule has 7 nitrogen and oxygen atoms in total. The third-order valence-electron chi connectivity index (χ3n) is 5.65. The summed E-state index contributed by atoms with van der Waals surface area (Å²) in [5.41, 5.74) is 3.39. The number of aromatic amines is 1. The van der Waals surface area contributed by atoms with Gasteiger partial charge in [-0.2, -0.15) is 10.4 Å². The van der Waals surface area contributed by atoms with Crippen molar-refractivity contribution in [3.8, 4) is 17.3 Å². The third-order valence-corrected chi connectivity index (χ3v) is 5.65. The molecule has 5 rings (SSSR count). The summed E-state index contributed by atoms with van der Waals surface area (Å²) < 4.78 is 7.98. The van der Waals surface area contributed by atoms with Gasteiger partial charge in [-0.15, -0.1) is 0 Å². The first-order valence-corrected chi connectivity index (χ1v) is 9.63. The molecule has 3 aromatic heterocycles. The second-order valence-electron chi connectivity index (χ2n) is 7.52. The van der Waals surface area contributed by atoms with Crippen LogP contribution in [0.2, 0.25) is 0 Å². The lowest BCUT2D eigenvalue weighted by atomic mass is 9.72. The molecule has 0 aliphatic heterocycles. The van der Waals surface area contributed by atoms with Crippen LogP contribution in [0.15, 0.2) is 61.3 Å². The fourth-order valence-corrected chi connectivity index (χ4v) is 4.06. The Balaban J connectivity index is 1.34. The lowest BCUT2D eigenvalue weighted by Crippen LogP contribution is -2.50. The molecule has 0 radical (unpaired) electrons. The molecular weight excluding hydrogens is 364 g/mol. The van der Waals surface area contributed by atoms with E-state index in [9.17, 15) is 5.26 Å². The highest BCUT2D eigenvalue weighted by molar-refractivity contribution is 5.89. The van der Waals surface area contributed by atoms with Gasteiger partial charge in [-0.25, -0.2) is 9.97 Å². The van der Waals surface area contributed by atoms with E-state index in [-0.39, 0.29) is 11.6 Å². The van der Waals surface area contributed by atoms with Gasteiger partial charge >= 0.3 is 0 Å². The minimum absolute atomic E-state index is 0.131. The Morgan fingerprint density at radius 1 is 1.21 bits per heavy atom. The predicted octanol–water partition coefficient (Wildman–Crippen LogP) is 3.81. The molecule has 0 saturated heterocycles. The lowest BCUT2D eigenvalue weighted by molar-refractivity contribution is -0.0838. The minimum Gasteiger partial charge on any atom is -0.373 e. The Morgan fingerprint density at radius 3 is 2.90 bits per heavy atom. The normalized spacial score (nSPS) is 21.0. The molecular formula is C22H20N6O. The molecule has 29 heavy (non-hydrogen) atoms. The van der Waals surface area contributed by atoms with Crippen molar-refractivity contribution in [3.63, 3.8) is 0 Å². The van der Waals surface area contributed by atoms with Crippen LogP contribution in [0, 0.1) is 11.3 Å². The zero-order valence-electron chi connectivity index (χ0n) is 15.8. The van der Waals surface area contributed by atoms with Crippen LogP contribution in [0.5, 0.6) is 0 Å². The maximum absolute atomic E-state index is 9.40. The minimum atomic E-state index is -0.321. The average molecular weight is 384 g/mol. The number of benzene rings is 1. The molecule has 3 heterocycles. The summed E-state index contributed by atoms with van der Waals surface area (Å²) in [5, 5.41) is 14.9. The molecule has 1 aromatic carbocycles. The molecule has 1 fully saturated rings. The quantitative estimate of drug-likeness (QED) is 0.546. The van der Waals surface area contributed by atoms with Gasteiger partial charge < -0.3 is 9.72 Å². The van der Waals surface area contributed by atoms with Crippen LogP contribution in [0.3, 0.4) is 0 Å². The number of nitrogens with zero attached hydrogens (tertiary/aromatic N) is 5. The smallest absolute Gasteiger partial charge is 0.141 e.